The number of methoxy groups -OCH3 is 1. The van der Waals surface area contributed by atoms with Gasteiger partial charge in [-0.05, 0) is 37.5 Å². The fraction of sp³-hybridized carbons (Fsp3) is 1.00. The molecule has 114 valence electrons. The van der Waals surface area contributed by atoms with Gasteiger partial charge in [-0.2, -0.15) is 0 Å². The van der Waals surface area contributed by atoms with Crippen LogP contribution < -0.4 is 0 Å². The van der Waals surface area contributed by atoms with Crippen molar-refractivity contribution < 1.29 is 9.84 Å². The normalized spacial score (nSPS) is 28.6. The van der Waals surface area contributed by atoms with Crippen molar-refractivity contribution in [3.05, 3.63) is 0 Å². The van der Waals surface area contributed by atoms with Crippen molar-refractivity contribution >= 4 is 0 Å². The van der Waals surface area contributed by atoms with E-state index in [0.29, 0.717) is 12.0 Å². The highest BCUT2D eigenvalue weighted by Crippen LogP contribution is 2.39. The SMILES string of the molecule is CCC(C)N(CCOC)CC1CCCC(C)(C)C1O. The van der Waals surface area contributed by atoms with E-state index in [2.05, 4.69) is 32.6 Å². The van der Waals surface area contributed by atoms with E-state index < -0.39 is 0 Å². The molecule has 0 radical (unpaired) electrons. The Hall–Kier alpha value is -0.120. The molecule has 0 heterocycles. The van der Waals surface area contributed by atoms with E-state index in [-0.39, 0.29) is 11.5 Å². The molecule has 1 fully saturated rings. The number of aliphatic hydroxyl groups excluding tert-OH is 1. The molecular weight excluding hydrogens is 238 g/mol. The summed E-state index contributed by atoms with van der Waals surface area (Å²) in [6, 6.07) is 0.562. The molecular formula is C16H33NO2. The van der Waals surface area contributed by atoms with Gasteiger partial charge in [0, 0.05) is 26.2 Å². The van der Waals surface area contributed by atoms with Crippen LogP contribution in [0.2, 0.25) is 0 Å². The molecule has 0 aromatic heterocycles. The van der Waals surface area contributed by atoms with Crippen molar-refractivity contribution in [1.82, 2.24) is 4.90 Å². The lowest BCUT2D eigenvalue weighted by Gasteiger charge is -2.43. The molecule has 3 heteroatoms. The van der Waals surface area contributed by atoms with E-state index >= 15 is 0 Å². The smallest absolute Gasteiger partial charge is 0.0631 e. The Morgan fingerprint density at radius 1 is 1.42 bits per heavy atom. The minimum Gasteiger partial charge on any atom is -0.392 e. The first-order chi connectivity index (χ1) is 8.92. The van der Waals surface area contributed by atoms with Gasteiger partial charge < -0.3 is 9.84 Å². The zero-order valence-corrected chi connectivity index (χ0v) is 13.5. The molecule has 0 aromatic rings. The summed E-state index contributed by atoms with van der Waals surface area (Å²) in [5.74, 6) is 0.412. The number of ether oxygens (including phenoxy) is 1. The van der Waals surface area contributed by atoms with E-state index in [1.54, 1.807) is 7.11 Å². The minimum atomic E-state index is -0.171. The Labute approximate surface area is 119 Å². The summed E-state index contributed by atoms with van der Waals surface area (Å²) < 4.78 is 5.22. The third-order valence-electron chi connectivity index (χ3n) is 4.91. The minimum absolute atomic E-state index is 0.0747. The Balaban J connectivity index is 2.61. The maximum Gasteiger partial charge on any atom is 0.0631 e. The Morgan fingerprint density at radius 2 is 2.11 bits per heavy atom. The topological polar surface area (TPSA) is 32.7 Å². The summed E-state index contributed by atoms with van der Waals surface area (Å²) in [4.78, 5) is 2.48. The maximum absolute atomic E-state index is 10.6. The summed E-state index contributed by atoms with van der Waals surface area (Å²) in [6.07, 6.45) is 4.52. The number of rotatable bonds is 7. The molecule has 0 aliphatic heterocycles. The lowest BCUT2D eigenvalue weighted by atomic mass is 9.69. The van der Waals surface area contributed by atoms with Crippen LogP contribution in [-0.4, -0.2) is 49.0 Å². The van der Waals surface area contributed by atoms with Crippen LogP contribution in [0.25, 0.3) is 0 Å². The van der Waals surface area contributed by atoms with Gasteiger partial charge in [-0.25, -0.2) is 0 Å². The van der Waals surface area contributed by atoms with Gasteiger partial charge in [-0.15, -0.1) is 0 Å². The summed E-state index contributed by atoms with van der Waals surface area (Å²) >= 11 is 0. The van der Waals surface area contributed by atoms with Crippen LogP contribution in [0.5, 0.6) is 0 Å². The number of nitrogens with zero attached hydrogens (tertiary/aromatic N) is 1. The fourth-order valence-corrected chi connectivity index (χ4v) is 3.21. The molecule has 3 unspecified atom stereocenters. The van der Waals surface area contributed by atoms with Crippen molar-refractivity contribution in [2.45, 2.75) is 65.5 Å². The van der Waals surface area contributed by atoms with Crippen LogP contribution in [-0.2, 0) is 4.74 Å². The fourth-order valence-electron chi connectivity index (χ4n) is 3.21. The van der Waals surface area contributed by atoms with Gasteiger partial charge in [0.25, 0.3) is 0 Å². The second-order valence-corrected chi connectivity index (χ2v) is 6.83. The molecule has 1 aliphatic carbocycles. The van der Waals surface area contributed by atoms with Crippen LogP contribution in [0.3, 0.4) is 0 Å². The number of aliphatic hydroxyl groups is 1. The molecule has 19 heavy (non-hydrogen) atoms. The van der Waals surface area contributed by atoms with Crippen molar-refractivity contribution in [2.24, 2.45) is 11.3 Å². The second-order valence-electron chi connectivity index (χ2n) is 6.83. The Kier molecular flexibility index (Phi) is 6.78. The predicted molar refractivity (Wildman–Crippen MR) is 80.3 cm³/mol. The number of hydrogen-bond acceptors (Lipinski definition) is 3. The van der Waals surface area contributed by atoms with Gasteiger partial charge in [0.15, 0.2) is 0 Å². The number of hydrogen-bond donors (Lipinski definition) is 1. The molecule has 1 N–H and O–H groups in total. The van der Waals surface area contributed by atoms with Crippen molar-refractivity contribution in [2.75, 3.05) is 26.8 Å². The summed E-state index contributed by atoms with van der Waals surface area (Å²) in [5.41, 5.74) is 0.0747. The van der Waals surface area contributed by atoms with Crippen LogP contribution in [0.4, 0.5) is 0 Å². The van der Waals surface area contributed by atoms with Gasteiger partial charge in [0.05, 0.1) is 12.7 Å². The molecule has 1 rings (SSSR count). The molecule has 0 amide bonds. The van der Waals surface area contributed by atoms with Crippen LogP contribution in [0.15, 0.2) is 0 Å². The van der Waals surface area contributed by atoms with Crippen molar-refractivity contribution in [1.29, 1.82) is 0 Å². The lowest BCUT2D eigenvalue weighted by Crippen LogP contribution is -2.47. The molecule has 0 saturated heterocycles. The van der Waals surface area contributed by atoms with E-state index in [1.807, 2.05) is 0 Å². The third-order valence-corrected chi connectivity index (χ3v) is 4.91. The third kappa shape index (κ3) is 4.73. The van der Waals surface area contributed by atoms with Crippen LogP contribution in [0, 0.1) is 11.3 Å². The van der Waals surface area contributed by atoms with Crippen LogP contribution >= 0.6 is 0 Å². The van der Waals surface area contributed by atoms with Crippen molar-refractivity contribution in [3.63, 3.8) is 0 Å². The van der Waals surface area contributed by atoms with Gasteiger partial charge in [0.1, 0.15) is 0 Å². The molecule has 3 nitrogen and oxygen atoms in total. The monoisotopic (exact) mass is 271 g/mol. The van der Waals surface area contributed by atoms with E-state index in [9.17, 15) is 5.11 Å². The summed E-state index contributed by atoms with van der Waals surface area (Å²) in [7, 11) is 1.76. The Bertz CT molecular complexity index is 255. The molecule has 0 aromatic carbocycles. The van der Waals surface area contributed by atoms with Crippen LogP contribution in [0.1, 0.15) is 53.4 Å². The van der Waals surface area contributed by atoms with Gasteiger partial charge >= 0.3 is 0 Å². The maximum atomic E-state index is 10.6. The molecule has 1 saturated carbocycles. The molecule has 3 atom stereocenters. The highest BCUT2D eigenvalue weighted by molar-refractivity contribution is 4.89. The average Bonchev–Trinajstić information content (AvgIpc) is 2.38. The first-order valence-corrected chi connectivity index (χ1v) is 7.83. The largest absolute Gasteiger partial charge is 0.392 e. The van der Waals surface area contributed by atoms with E-state index in [0.717, 1.165) is 39.0 Å². The first kappa shape index (κ1) is 16.9. The second kappa shape index (κ2) is 7.61. The van der Waals surface area contributed by atoms with Gasteiger partial charge in [-0.1, -0.05) is 27.2 Å². The zero-order valence-electron chi connectivity index (χ0n) is 13.5. The van der Waals surface area contributed by atoms with Gasteiger partial charge in [0.2, 0.25) is 0 Å². The average molecular weight is 271 g/mol. The van der Waals surface area contributed by atoms with E-state index in [4.69, 9.17) is 4.74 Å². The predicted octanol–water partition coefficient (Wildman–Crippen LogP) is 2.92. The standard InChI is InChI=1S/C16H33NO2/c1-6-13(2)17(10-11-19-5)12-14-8-7-9-16(3,4)15(14)18/h13-15,18H,6-12H2,1-5H3. The quantitative estimate of drug-likeness (QED) is 0.773. The summed E-state index contributed by atoms with van der Waals surface area (Å²) in [5, 5.41) is 10.6. The van der Waals surface area contributed by atoms with Crippen molar-refractivity contribution in [3.8, 4) is 0 Å². The van der Waals surface area contributed by atoms with Gasteiger partial charge in [-0.3, -0.25) is 4.90 Å². The Morgan fingerprint density at radius 3 is 2.68 bits per heavy atom. The van der Waals surface area contributed by atoms with E-state index in [1.165, 1.54) is 6.42 Å². The first-order valence-electron chi connectivity index (χ1n) is 7.83. The highest BCUT2D eigenvalue weighted by atomic mass is 16.5. The lowest BCUT2D eigenvalue weighted by molar-refractivity contribution is -0.0482. The molecule has 1 aliphatic rings. The molecule has 0 bridgehead atoms. The highest BCUT2D eigenvalue weighted by Gasteiger charge is 2.38. The zero-order chi connectivity index (χ0) is 14.5. The molecule has 0 spiro atoms. The summed E-state index contributed by atoms with van der Waals surface area (Å²) in [6.45, 7) is 11.6.